The van der Waals surface area contributed by atoms with E-state index in [-0.39, 0.29) is 19.3 Å². The van der Waals surface area contributed by atoms with E-state index in [1.165, 1.54) is 5.56 Å². The quantitative estimate of drug-likeness (QED) is 0.632. The Morgan fingerprint density at radius 3 is 2.13 bits per heavy atom. The van der Waals surface area contributed by atoms with Gasteiger partial charge in [0.1, 0.15) is 6.04 Å². The minimum atomic E-state index is -4.43. The first-order valence-corrected chi connectivity index (χ1v) is 10.3. The lowest BCUT2D eigenvalue weighted by Crippen LogP contribution is -2.53. The zero-order valence-electron chi connectivity index (χ0n) is 16.9. The number of piperidine rings is 1. The van der Waals surface area contributed by atoms with Crippen molar-refractivity contribution in [2.45, 2.75) is 65.6 Å². The highest BCUT2D eigenvalue weighted by molar-refractivity contribution is 6.30. The summed E-state index contributed by atoms with van der Waals surface area (Å²) in [7, 11) is 0. The first kappa shape index (κ1) is 26.3. The molecule has 30 heavy (non-hydrogen) atoms. The lowest BCUT2D eigenvalue weighted by molar-refractivity contribution is -0.174. The molecule has 1 aromatic rings. The molecule has 2 amide bonds. The SMILES string of the molecule is C.CC(C)[C@@H](NC(=O)CC(C)C(F)(F)F)C(=O)N1CCC(c2ccc(Cl)cc2)CC1. The van der Waals surface area contributed by atoms with Crippen molar-refractivity contribution in [3.63, 3.8) is 0 Å². The van der Waals surface area contributed by atoms with Crippen LogP contribution >= 0.6 is 11.6 Å². The van der Waals surface area contributed by atoms with Gasteiger partial charge in [-0.2, -0.15) is 13.2 Å². The van der Waals surface area contributed by atoms with Crippen molar-refractivity contribution < 1.29 is 22.8 Å². The van der Waals surface area contributed by atoms with Gasteiger partial charge in [-0.1, -0.05) is 51.9 Å². The van der Waals surface area contributed by atoms with Gasteiger partial charge in [-0.05, 0) is 42.4 Å². The van der Waals surface area contributed by atoms with Crippen LogP contribution in [0.1, 0.15) is 58.9 Å². The van der Waals surface area contributed by atoms with Crippen LogP contribution in [0.25, 0.3) is 0 Å². The largest absolute Gasteiger partial charge is 0.392 e. The van der Waals surface area contributed by atoms with Gasteiger partial charge >= 0.3 is 6.18 Å². The van der Waals surface area contributed by atoms with Crippen LogP contribution in [-0.4, -0.2) is 42.0 Å². The maximum absolute atomic E-state index is 12.9. The Bertz CT molecular complexity index is 699. The molecule has 0 bridgehead atoms. The topological polar surface area (TPSA) is 49.4 Å². The molecule has 2 rings (SSSR count). The number of amides is 2. The molecule has 0 radical (unpaired) electrons. The maximum Gasteiger partial charge on any atom is 0.392 e. The van der Waals surface area contributed by atoms with Crippen molar-refractivity contribution in [1.29, 1.82) is 0 Å². The van der Waals surface area contributed by atoms with Gasteiger partial charge in [0.05, 0.1) is 5.92 Å². The number of hydrogen-bond acceptors (Lipinski definition) is 2. The van der Waals surface area contributed by atoms with Gasteiger partial charge in [-0.15, -0.1) is 0 Å². The number of carbonyl (C=O) groups is 2. The Morgan fingerprint density at radius 2 is 1.67 bits per heavy atom. The number of nitrogens with zero attached hydrogens (tertiary/aromatic N) is 1. The Labute approximate surface area is 182 Å². The number of alkyl halides is 3. The number of halogens is 4. The number of likely N-dealkylation sites (tertiary alicyclic amines) is 1. The summed E-state index contributed by atoms with van der Waals surface area (Å²) in [5, 5.41) is 3.20. The molecule has 0 saturated carbocycles. The molecule has 1 fully saturated rings. The first-order chi connectivity index (χ1) is 13.5. The second kappa shape index (κ2) is 11.0. The number of benzene rings is 1. The predicted molar refractivity (Wildman–Crippen MR) is 113 cm³/mol. The van der Waals surface area contributed by atoms with E-state index in [4.69, 9.17) is 11.6 Å². The van der Waals surface area contributed by atoms with Gasteiger partial charge in [0.15, 0.2) is 0 Å². The van der Waals surface area contributed by atoms with Gasteiger partial charge in [-0.25, -0.2) is 0 Å². The average molecular weight is 449 g/mol. The molecular formula is C22H32ClF3N2O2. The van der Waals surface area contributed by atoms with Gasteiger partial charge in [0, 0.05) is 24.5 Å². The van der Waals surface area contributed by atoms with E-state index in [1.54, 1.807) is 18.7 Å². The van der Waals surface area contributed by atoms with Gasteiger partial charge in [-0.3, -0.25) is 9.59 Å². The summed E-state index contributed by atoms with van der Waals surface area (Å²) in [4.78, 5) is 26.7. The highest BCUT2D eigenvalue weighted by Gasteiger charge is 2.38. The highest BCUT2D eigenvalue weighted by Crippen LogP contribution is 2.30. The van der Waals surface area contributed by atoms with Crippen LogP contribution in [0.15, 0.2) is 24.3 Å². The minimum Gasteiger partial charge on any atom is -0.344 e. The zero-order valence-corrected chi connectivity index (χ0v) is 17.7. The van der Waals surface area contributed by atoms with E-state index in [1.807, 2.05) is 24.3 Å². The van der Waals surface area contributed by atoms with Crippen LogP contribution in [0.2, 0.25) is 5.02 Å². The standard InChI is InChI=1S/C21H28ClF3N2O2.CH4/c1-13(2)19(26-18(28)12-14(3)21(23,24)25)20(29)27-10-8-16(9-11-27)15-4-6-17(22)7-5-15;/h4-7,13-14,16,19H,8-12H2,1-3H3,(H,26,28);1H4/t14?,19-;/m1./s1. The lowest BCUT2D eigenvalue weighted by atomic mass is 9.89. The summed E-state index contributed by atoms with van der Waals surface area (Å²) in [5.41, 5.74) is 1.18. The van der Waals surface area contributed by atoms with Crippen LogP contribution in [0.5, 0.6) is 0 Å². The summed E-state index contributed by atoms with van der Waals surface area (Å²) in [5.74, 6) is -2.63. The molecule has 170 valence electrons. The molecule has 1 aliphatic rings. The van der Waals surface area contributed by atoms with Crippen molar-refractivity contribution in [3.8, 4) is 0 Å². The third kappa shape index (κ3) is 7.18. The van der Waals surface area contributed by atoms with Crippen LogP contribution in [0.4, 0.5) is 13.2 Å². The molecule has 1 aliphatic heterocycles. The van der Waals surface area contributed by atoms with Gasteiger partial charge in [0.2, 0.25) is 11.8 Å². The maximum atomic E-state index is 12.9. The molecule has 1 N–H and O–H groups in total. The first-order valence-electron chi connectivity index (χ1n) is 9.89. The van der Waals surface area contributed by atoms with E-state index < -0.39 is 30.5 Å². The molecule has 1 heterocycles. The Kier molecular flexibility index (Phi) is 9.66. The van der Waals surface area contributed by atoms with Crippen molar-refractivity contribution in [2.24, 2.45) is 11.8 Å². The smallest absolute Gasteiger partial charge is 0.344 e. The predicted octanol–water partition coefficient (Wildman–Crippen LogP) is 5.41. The number of rotatable bonds is 6. The normalized spacial score (nSPS) is 17.3. The number of carbonyl (C=O) groups excluding carboxylic acids is 2. The molecule has 0 aliphatic carbocycles. The van der Waals surface area contributed by atoms with E-state index in [2.05, 4.69) is 5.32 Å². The fourth-order valence-electron chi connectivity index (χ4n) is 3.50. The summed E-state index contributed by atoms with van der Waals surface area (Å²) in [6, 6.07) is 6.85. The summed E-state index contributed by atoms with van der Waals surface area (Å²) in [6.07, 6.45) is -3.54. The lowest BCUT2D eigenvalue weighted by Gasteiger charge is -2.35. The molecule has 0 aromatic heterocycles. The zero-order chi connectivity index (χ0) is 21.8. The summed E-state index contributed by atoms with van der Waals surface area (Å²) >= 11 is 5.93. The second-order valence-electron chi connectivity index (χ2n) is 8.09. The van der Waals surface area contributed by atoms with Crippen LogP contribution < -0.4 is 5.32 Å². The summed E-state index contributed by atoms with van der Waals surface area (Å²) in [6.45, 7) is 5.61. The molecule has 0 spiro atoms. The minimum absolute atomic E-state index is 0. The van der Waals surface area contributed by atoms with Crippen molar-refractivity contribution in [3.05, 3.63) is 34.9 Å². The molecule has 1 unspecified atom stereocenters. The second-order valence-corrected chi connectivity index (χ2v) is 8.52. The molecular weight excluding hydrogens is 417 g/mol. The van der Waals surface area contributed by atoms with Crippen molar-refractivity contribution >= 4 is 23.4 Å². The van der Waals surface area contributed by atoms with Crippen LogP contribution in [0.3, 0.4) is 0 Å². The van der Waals surface area contributed by atoms with E-state index >= 15 is 0 Å². The Hall–Kier alpha value is -1.76. The van der Waals surface area contributed by atoms with E-state index in [0.717, 1.165) is 19.8 Å². The third-order valence-electron chi connectivity index (χ3n) is 5.45. The Balaban J connectivity index is 0.00000450. The summed E-state index contributed by atoms with van der Waals surface area (Å²) < 4.78 is 38.1. The van der Waals surface area contributed by atoms with Crippen molar-refractivity contribution in [2.75, 3.05) is 13.1 Å². The molecule has 1 saturated heterocycles. The molecule has 2 atom stereocenters. The van der Waals surface area contributed by atoms with Crippen molar-refractivity contribution in [1.82, 2.24) is 10.2 Å². The molecule has 4 nitrogen and oxygen atoms in total. The third-order valence-corrected chi connectivity index (χ3v) is 5.70. The fourth-order valence-corrected chi connectivity index (χ4v) is 3.63. The highest BCUT2D eigenvalue weighted by atomic mass is 35.5. The Morgan fingerprint density at radius 1 is 1.13 bits per heavy atom. The van der Waals surface area contributed by atoms with E-state index in [9.17, 15) is 22.8 Å². The fraction of sp³-hybridized carbons (Fsp3) is 0.636. The van der Waals surface area contributed by atoms with Gasteiger partial charge in [0.25, 0.3) is 0 Å². The molecule has 1 aromatic carbocycles. The van der Waals surface area contributed by atoms with Crippen LogP contribution in [0, 0.1) is 11.8 Å². The number of hydrogen-bond donors (Lipinski definition) is 1. The average Bonchev–Trinajstić information content (AvgIpc) is 2.65. The van der Waals surface area contributed by atoms with Gasteiger partial charge < -0.3 is 10.2 Å². The molecule has 8 heteroatoms. The van der Waals surface area contributed by atoms with Crippen LogP contribution in [-0.2, 0) is 9.59 Å². The van der Waals surface area contributed by atoms with E-state index in [0.29, 0.717) is 24.0 Å². The monoisotopic (exact) mass is 448 g/mol. The number of nitrogens with one attached hydrogen (secondary N) is 1.